The maximum Gasteiger partial charge on any atom is 0.146 e. The van der Waals surface area contributed by atoms with Crippen LogP contribution in [0.4, 0.5) is 0 Å². The molecule has 0 fully saturated rings. The molecule has 1 aromatic heterocycles. The highest BCUT2D eigenvalue weighted by molar-refractivity contribution is 6.42. The van der Waals surface area contributed by atoms with Gasteiger partial charge < -0.3 is 4.57 Å². The van der Waals surface area contributed by atoms with E-state index in [-0.39, 0.29) is 0 Å². The predicted molar refractivity (Wildman–Crippen MR) is 90.1 cm³/mol. The summed E-state index contributed by atoms with van der Waals surface area (Å²) in [4.78, 5) is 2.37. The van der Waals surface area contributed by atoms with E-state index in [0.29, 0.717) is 10.0 Å². The Morgan fingerprint density at radius 2 is 2.00 bits per heavy atom. The van der Waals surface area contributed by atoms with Crippen molar-refractivity contribution in [2.75, 3.05) is 13.1 Å². The van der Waals surface area contributed by atoms with Crippen molar-refractivity contribution in [3.8, 4) is 0 Å². The smallest absolute Gasteiger partial charge is 0.146 e. The van der Waals surface area contributed by atoms with Crippen LogP contribution < -0.4 is 0 Å². The molecular weight excluding hydrogens is 319 g/mol. The molecule has 0 saturated carbocycles. The van der Waals surface area contributed by atoms with Crippen LogP contribution in [0.5, 0.6) is 0 Å². The molecule has 2 aromatic rings. The fourth-order valence-electron chi connectivity index (χ4n) is 2.60. The van der Waals surface area contributed by atoms with Crippen molar-refractivity contribution in [1.82, 2.24) is 19.7 Å². The molecule has 6 heteroatoms. The molecule has 1 aliphatic rings. The molecule has 4 nitrogen and oxygen atoms in total. The van der Waals surface area contributed by atoms with Crippen LogP contribution in [0.15, 0.2) is 24.3 Å². The Morgan fingerprint density at radius 3 is 2.59 bits per heavy atom. The van der Waals surface area contributed by atoms with E-state index in [1.807, 2.05) is 36.7 Å². The molecule has 3 rings (SSSR count). The number of aromatic nitrogens is 3. The monoisotopic (exact) mass is 336 g/mol. The minimum Gasteiger partial charge on any atom is -0.317 e. The van der Waals surface area contributed by atoms with Crippen LogP contribution in [0.25, 0.3) is 5.57 Å². The van der Waals surface area contributed by atoms with Gasteiger partial charge in [0.05, 0.1) is 16.6 Å². The Balaban J connectivity index is 1.69. The Labute approximate surface area is 140 Å². The minimum atomic E-state index is 0.598. The number of hydrogen-bond acceptors (Lipinski definition) is 3. The molecule has 22 heavy (non-hydrogen) atoms. The zero-order chi connectivity index (χ0) is 15.7. The number of nitrogens with zero attached hydrogens (tertiary/aromatic N) is 4. The molecule has 0 unspecified atom stereocenters. The number of halogens is 2. The lowest BCUT2D eigenvalue weighted by molar-refractivity contribution is 0.283. The third-order valence-electron chi connectivity index (χ3n) is 4.13. The number of hydrogen-bond donors (Lipinski definition) is 0. The normalized spacial score (nSPS) is 15.9. The van der Waals surface area contributed by atoms with Crippen LogP contribution in [0, 0.1) is 6.92 Å². The quantitative estimate of drug-likeness (QED) is 0.856. The maximum atomic E-state index is 6.10. The fraction of sp³-hybridized carbons (Fsp3) is 0.375. The summed E-state index contributed by atoms with van der Waals surface area (Å²) in [6.45, 7) is 4.69. The van der Waals surface area contributed by atoms with E-state index >= 15 is 0 Å². The van der Waals surface area contributed by atoms with E-state index < -0.39 is 0 Å². The van der Waals surface area contributed by atoms with Crippen molar-refractivity contribution in [3.05, 3.63) is 51.5 Å². The lowest BCUT2D eigenvalue weighted by atomic mass is 9.99. The van der Waals surface area contributed by atoms with Crippen LogP contribution in [-0.2, 0) is 13.6 Å². The second-order valence-corrected chi connectivity index (χ2v) is 6.38. The SMILES string of the molecule is Cc1nnc(CN2CC=C(c3ccc(Cl)c(Cl)c3)CC2)n1C. The molecule has 0 N–H and O–H groups in total. The first-order valence-electron chi connectivity index (χ1n) is 7.26. The second-order valence-electron chi connectivity index (χ2n) is 5.57. The lowest BCUT2D eigenvalue weighted by Crippen LogP contribution is -2.29. The second kappa shape index (κ2) is 6.41. The van der Waals surface area contributed by atoms with Crippen LogP contribution >= 0.6 is 23.2 Å². The van der Waals surface area contributed by atoms with Gasteiger partial charge in [-0.3, -0.25) is 4.90 Å². The average Bonchev–Trinajstić information content (AvgIpc) is 2.83. The van der Waals surface area contributed by atoms with Crippen molar-refractivity contribution >= 4 is 28.8 Å². The van der Waals surface area contributed by atoms with Crippen LogP contribution in [0.2, 0.25) is 10.0 Å². The van der Waals surface area contributed by atoms with Crippen molar-refractivity contribution in [2.45, 2.75) is 19.9 Å². The summed E-state index contributed by atoms with van der Waals surface area (Å²) in [5.74, 6) is 1.95. The van der Waals surface area contributed by atoms with Gasteiger partial charge in [0.15, 0.2) is 0 Å². The van der Waals surface area contributed by atoms with Gasteiger partial charge in [-0.05, 0) is 36.6 Å². The Hall–Kier alpha value is -1.36. The first kappa shape index (κ1) is 15.5. The predicted octanol–water partition coefficient (Wildman–Crippen LogP) is 3.72. The van der Waals surface area contributed by atoms with Gasteiger partial charge in [0.25, 0.3) is 0 Å². The van der Waals surface area contributed by atoms with E-state index in [1.54, 1.807) is 0 Å². The fourth-order valence-corrected chi connectivity index (χ4v) is 2.90. The number of aryl methyl sites for hydroxylation is 1. The number of rotatable bonds is 3. The van der Waals surface area contributed by atoms with Crippen LogP contribution in [-0.4, -0.2) is 32.8 Å². The van der Waals surface area contributed by atoms with Crippen molar-refractivity contribution in [2.24, 2.45) is 7.05 Å². The molecule has 0 saturated heterocycles. The van der Waals surface area contributed by atoms with Crippen LogP contribution in [0.3, 0.4) is 0 Å². The average molecular weight is 337 g/mol. The molecule has 2 heterocycles. The van der Waals surface area contributed by atoms with Gasteiger partial charge in [0.1, 0.15) is 11.6 Å². The van der Waals surface area contributed by atoms with Gasteiger partial charge in [-0.15, -0.1) is 10.2 Å². The third-order valence-corrected chi connectivity index (χ3v) is 4.87. The number of benzene rings is 1. The van der Waals surface area contributed by atoms with E-state index in [9.17, 15) is 0 Å². The summed E-state index contributed by atoms with van der Waals surface area (Å²) >= 11 is 12.1. The van der Waals surface area contributed by atoms with E-state index in [0.717, 1.165) is 43.3 Å². The first-order chi connectivity index (χ1) is 10.5. The standard InChI is InChI=1S/C16H18Cl2N4/c1-11-19-20-16(21(11)2)10-22-7-5-12(6-8-22)13-3-4-14(17)15(18)9-13/h3-5,9H,6-8,10H2,1-2H3. The maximum absolute atomic E-state index is 6.10. The largest absolute Gasteiger partial charge is 0.317 e. The van der Waals surface area contributed by atoms with Crippen LogP contribution in [0.1, 0.15) is 23.6 Å². The Bertz CT molecular complexity index is 721. The van der Waals surface area contributed by atoms with E-state index in [4.69, 9.17) is 23.2 Å². The summed E-state index contributed by atoms with van der Waals surface area (Å²) in [5.41, 5.74) is 2.48. The summed E-state index contributed by atoms with van der Waals surface area (Å²) in [7, 11) is 2.01. The molecule has 0 aliphatic carbocycles. The molecule has 0 radical (unpaired) electrons. The highest BCUT2D eigenvalue weighted by atomic mass is 35.5. The molecule has 0 spiro atoms. The van der Waals surface area contributed by atoms with Gasteiger partial charge in [-0.25, -0.2) is 0 Å². The highest BCUT2D eigenvalue weighted by Crippen LogP contribution is 2.29. The van der Waals surface area contributed by atoms with Gasteiger partial charge in [-0.1, -0.05) is 35.3 Å². The zero-order valence-corrected chi connectivity index (χ0v) is 14.2. The van der Waals surface area contributed by atoms with Gasteiger partial charge in [0.2, 0.25) is 0 Å². The third kappa shape index (κ3) is 3.19. The molecular formula is C16H18Cl2N4. The molecule has 116 valence electrons. The Kier molecular flexibility index (Phi) is 4.52. The minimum absolute atomic E-state index is 0.598. The lowest BCUT2D eigenvalue weighted by Gasteiger charge is -2.26. The summed E-state index contributed by atoms with van der Waals surface area (Å²) in [6.07, 6.45) is 3.25. The summed E-state index contributed by atoms with van der Waals surface area (Å²) in [5, 5.41) is 9.54. The molecule has 0 amide bonds. The molecule has 0 bridgehead atoms. The topological polar surface area (TPSA) is 34.0 Å². The van der Waals surface area contributed by atoms with Crippen molar-refractivity contribution in [1.29, 1.82) is 0 Å². The van der Waals surface area contributed by atoms with Gasteiger partial charge >= 0.3 is 0 Å². The zero-order valence-electron chi connectivity index (χ0n) is 12.7. The summed E-state index contributed by atoms with van der Waals surface area (Å²) < 4.78 is 2.04. The van der Waals surface area contributed by atoms with Crippen molar-refractivity contribution < 1.29 is 0 Å². The highest BCUT2D eigenvalue weighted by Gasteiger charge is 2.16. The molecule has 0 atom stereocenters. The first-order valence-corrected chi connectivity index (χ1v) is 8.02. The summed E-state index contributed by atoms with van der Waals surface area (Å²) in [6, 6.07) is 5.83. The van der Waals surface area contributed by atoms with E-state index in [1.165, 1.54) is 5.57 Å². The molecule has 1 aliphatic heterocycles. The molecule has 1 aromatic carbocycles. The Morgan fingerprint density at radius 1 is 1.18 bits per heavy atom. The van der Waals surface area contributed by atoms with Gasteiger partial charge in [0, 0.05) is 20.1 Å². The van der Waals surface area contributed by atoms with E-state index in [2.05, 4.69) is 21.2 Å². The van der Waals surface area contributed by atoms with Crippen molar-refractivity contribution in [3.63, 3.8) is 0 Å². The van der Waals surface area contributed by atoms with Gasteiger partial charge in [-0.2, -0.15) is 0 Å².